The van der Waals surface area contributed by atoms with Gasteiger partial charge in [-0.1, -0.05) is 40.5 Å². The van der Waals surface area contributed by atoms with E-state index < -0.39 is 0 Å². The van der Waals surface area contributed by atoms with Gasteiger partial charge in [-0.2, -0.15) is 0 Å². The molecule has 29 heavy (non-hydrogen) atoms. The Balaban J connectivity index is 0.00000300. The van der Waals surface area contributed by atoms with E-state index in [4.69, 9.17) is 4.99 Å². The van der Waals surface area contributed by atoms with Crippen LogP contribution in [0.2, 0.25) is 0 Å². The van der Waals surface area contributed by atoms with Crippen LogP contribution in [0.25, 0.3) is 0 Å². The van der Waals surface area contributed by atoms with Gasteiger partial charge in [-0.3, -0.25) is 4.99 Å². The molecule has 0 unspecified atom stereocenters. The number of guanidine groups is 1. The Bertz CT molecular complexity index is 791. The van der Waals surface area contributed by atoms with Crippen LogP contribution in [0.3, 0.4) is 0 Å². The molecule has 1 aliphatic heterocycles. The van der Waals surface area contributed by atoms with Crippen LogP contribution >= 0.6 is 39.9 Å². The Kier molecular flexibility index (Phi) is 10.4. The van der Waals surface area contributed by atoms with Crippen molar-refractivity contribution in [3.8, 4) is 0 Å². The van der Waals surface area contributed by atoms with Gasteiger partial charge in [-0.05, 0) is 37.8 Å². The molecule has 0 atom stereocenters. The van der Waals surface area contributed by atoms with Crippen LogP contribution < -0.4 is 5.32 Å². The van der Waals surface area contributed by atoms with Gasteiger partial charge in [0.1, 0.15) is 11.6 Å². The Hall–Kier alpha value is -1.16. The monoisotopic (exact) mass is 574 g/mol. The Labute approximate surface area is 199 Å². The highest BCUT2D eigenvalue weighted by molar-refractivity contribution is 14.0. The quantitative estimate of drug-likeness (QED) is 0.230. The van der Waals surface area contributed by atoms with E-state index in [2.05, 4.69) is 73.1 Å². The van der Waals surface area contributed by atoms with Gasteiger partial charge in [0.25, 0.3) is 0 Å². The van der Waals surface area contributed by atoms with E-state index in [1.54, 1.807) is 0 Å². The smallest absolute Gasteiger partial charge is 0.193 e. The van der Waals surface area contributed by atoms with Crippen molar-refractivity contribution in [3.05, 3.63) is 46.0 Å². The minimum atomic E-state index is 0. The van der Waals surface area contributed by atoms with Crippen LogP contribution in [0.15, 0.2) is 33.7 Å². The summed E-state index contributed by atoms with van der Waals surface area (Å²) in [4.78, 5) is 7.00. The van der Waals surface area contributed by atoms with Crippen molar-refractivity contribution in [3.63, 3.8) is 0 Å². The zero-order valence-corrected chi connectivity index (χ0v) is 21.3. The van der Waals surface area contributed by atoms with Crippen molar-refractivity contribution < 1.29 is 0 Å². The molecular formula is C21H32BrIN6. The van der Waals surface area contributed by atoms with Gasteiger partial charge in [-0.25, -0.2) is 0 Å². The average Bonchev–Trinajstić information content (AvgIpc) is 2.92. The molecular weight excluding hydrogens is 543 g/mol. The fourth-order valence-corrected chi connectivity index (χ4v) is 3.99. The highest BCUT2D eigenvalue weighted by atomic mass is 127. The zero-order chi connectivity index (χ0) is 19.8. The lowest BCUT2D eigenvalue weighted by atomic mass is 10.2. The second kappa shape index (κ2) is 12.5. The molecule has 8 heteroatoms. The summed E-state index contributed by atoms with van der Waals surface area (Å²) in [7, 11) is 2.08. The maximum absolute atomic E-state index is 4.83. The van der Waals surface area contributed by atoms with E-state index in [0.717, 1.165) is 67.5 Å². The van der Waals surface area contributed by atoms with Crippen molar-refractivity contribution in [1.29, 1.82) is 0 Å². The van der Waals surface area contributed by atoms with Crippen LogP contribution in [-0.2, 0) is 25.9 Å². The predicted octanol–water partition coefficient (Wildman–Crippen LogP) is 4.42. The summed E-state index contributed by atoms with van der Waals surface area (Å²) in [6.07, 6.45) is 6.75. The normalized spacial score (nSPS) is 14.0. The van der Waals surface area contributed by atoms with Crippen molar-refractivity contribution in [2.45, 2.75) is 58.5 Å². The topological polar surface area (TPSA) is 58.3 Å². The lowest BCUT2D eigenvalue weighted by Crippen LogP contribution is -2.38. The minimum absolute atomic E-state index is 0. The molecule has 0 bridgehead atoms. The number of nitrogens with zero attached hydrogens (tertiary/aromatic N) is 5. The number of aryl methyl sites for hydroxylation is 2. The molecule has 3 rings (SSSR count). The van der Waals surface area contributed by atoms with Crippen LogP contribution in [-0.4, -0.2) is 45.8 Å². The first kappa shape index (κ1) is 24.1. The van der Waals surface area contributed by atoms with Gasteiger partial charge in [0.2, 0.25) is 0 Å². The molecule has 0 radical (unpaired) electrons. The van der Waals surface area contributed by atoms with Crippen molar-refractivity contribution in [2.24, 2.45) is 4.99 Å². The Morgan fingerprint density at radius 2 is 2.07 bits per heavy atom. The SMILES string of the molecule is CCNC(=NCCCc1nnc2n1CCCCC2)N(C)Cc1ccccc1Br.I. The van der Waals surface area contributed by atoms with Crippen molar-refractivity contribution in [2.75, 3.05) is 20.1 Å². The number of hydrogen-bond acceptors (Lipinski definition) is 3. The zero-order valence-electron chi connectivity index (χ0n) is 17.4. The van der Waals surface area contributed by atoms with Crippen LogP contribution in [0, 0.1) is 0 Å². The molecule has 0 amide bonds. The number of aliphatic imine (C=N–C) groups is 1. The van der Waals surface area contributed by atoms with Crippen LogP contribution in [0.4, 0.5) is 0 Å². The van der Waals surface area contributed by atoms with Gasteiger partial charge in [0.05, 0.1) is 0 Å². The summed E-state index contributed by atoms with van der Waals surface area (Å²) >= 11 is 3.63. The first-order valence-electron chi connectivity index (χ1n) is 10.3. The van der Waals surface area contributed by atoms with E-state index in [9.17, 15) is 0 Å². The molecule has 1 aliphatic rings. The molecule has 2 aromatic rings. The predicted molar refractivity (Wildman–Crippen MR) is 133 cm³/mol. The standard InChI is InChI=1S/C21H31BrN6.HI/c1-3-23-21(27(2)16-17-10-6-7-11-18(17)22)24-14-9-13-20-26-25-19-12-5-4-8-15-28(19)20;/h6-7,10-11H,3-5,8-9,12-16H2,1-2H3,(H,23,24);1H. The molecule has 0 saturated heterocycles. The molecule has 0 fully saturated rings. The Morgan fingerprint density at radius 1 is 1.24 bits per heavy atom. The number of hydrogen-bond donors (Lipinski definition) is 1. The lowest BCUT2D eigenvalue weighted by Gasteiger charge is -2.22. The summed E-state index contributed by atoms with van der Waals surface area (Å²) in [6.45, 7) is 5.62. The second-order valence-electron chi connectivity index (χ2n) is 7.28. The first-order chi connectivity index (χ1) is 13.7. The fourth-order valence-electron chi connectivity index (χ4n) is 3.58. The third-order valence-corrected chi connectivity index (χ3v) is 5.84. The third-order valence-electron chi connectivity index (χ3n) is 5.07. The number of halogens is 2. The fraction of sp³-hybridized carbons (Fsp3) is 0.571. The highest BCUT2D eigenvalue weighted by Gasteiger charge is 2.14. The summed E-state index contributed by atoms with van der Waals surface area (Å²) < 4.78 is 3.46. The van der Waals surface area contributed by atoms with Gasteiger partial charge in [0.15, 0.2) is 5.96 Å². The molecule has 0 aliphatic carbocycles. The number of aromatic nitrogens is 3. The van der Waals surface area contributed by atoms with E-state index in [0.29, 0.717) is 0 Å². The highest BCUT2D eigenvalue weighted by Crippen LogP contribution is 2.17. The van der Waals surface area contributed by atoms with E-state index in [1.165, 1.54) is 24.8 Å². The number of nitrogens with one attached hydrogen (secondary N) is 1. The minimum Gasteiger partial charge on any atom is -0.357 e. The molecule has 6 nitrogen and oxygen atoms in total. The van der Waals surface area contributed by atoms with Crippen LogP contribution in [0.5, 0.6) is 0 Å². The molecule has 0 saturated carbocycles. The van der Waals surface area contributed by atoms with E-state index in [1.807, 2.05) is 6.07 Å². The summed E-state index contributed by atoms with van der Waals surface area (Å²) in [5.74, 6) is 3.23. The van der Waals surface area contributed by atoms with Crippen LogP contribution in [0.1, 0.15) is 49.8 Å². The maximum Gasteiger partial charge on any atom is 0.193 e. The van der Waals surface area contributed by atoms with Gasteiger partial charge < -0.3 is 14.8 Å². The Morgan fingerprint density at radius 3 is 2.86 bits per heavy atom. The molecule has 0 spiro atoms. The molecule has 2 heterocycles. The van der Waals surface area contributed by atoms with Crippen molar-refractivity contribution >= 4 is 45.9 Å². The maximum atomic E-state index is 4.83. The number of benzene rings is 1. The molecule has 1 aromatic carbocycles. The van der Waals surface area contributed by atoms with Gasteiger partial charge in [-0.15, -0.1) is 34.2 Å². The summed E-state index contributed by atoms with van der Waals surface area (Å²) in [6, 6.07) is 8.33. The summed E-state index contributed by atoms with van der Waals surface area (Å²) in [5, 5.41) is 12.2. The molecule has 160 valence electrons. The van der Waals surface area contributed by atoms with E-state index in [-0.39, 0.29) is 24.0 Å². The summed E-state index contributed by atoms with van der Waals surface area (Å²) in [5.41, 5.74) is 1.25. The van der Waals surface area contributed by atoms with Gasteiger partial charge in [0, 0.05) is 50.5 Å². The lowest BCUT2D eigenvalue weighted by molar-refractivity contribution is 0.475. The first-order valence-corrected chi connectivity index (χ1v) is 11.1. The largest absolute Gasteiger partial charge is 0.357 e. The molecule has 1 aromatic heterocycles. The second-order valence-corrected chi connectivity index (χ2v) is 8.14. The van der Waals surface area contributed by atoms with Gasteiger partial charge >= 0.3 is 0 Å². The van der Waals surface area contributed by atoms with Crippen molar-refractivity contribution in [1.82, 2.24) is 25.0 Å². The molecule has 1 N–H and O–H groups in total. The van der Waals surface area contributed by atoms with E-state index >= 15 is 0 Å². The average molecular weight is 575 g/mol. The number of rotatable bonds is 7. The number of fused-ring (bicyclic) bond motifs is 1. The third kappa shape index (κ3) is 6.94.